The van der Waals surface area contributed by atoms with Gasteiger partial charge in [-0.2, -0.15) is 0 Å². The summed E-state index contributed by atoms with van der Waals surface area (Å²) >= 11 is 0. The van der Waals surface area contributed by atoms with Crippen LogP contribution in [0.25, 0.3) is 5.57 Å². The van der Waals surface area contributed by atoms with Crippen LogP contribution in [-0.4, -0.2) is 49.6 Å². The van der Waals surface area contributed by atoms with Gasteiger partial charge in [0, 0.05) is 44.2 Å². The van der Waals surface area contributed by atoms with E-state index in [0.29, 0.717) is 37.4 Å². The van der Waals surface area contributed by atoms with E-state index in [1.54, 1.807) is 0 Å². The van der Waals surface area contributed by atoms with Crippen molar-refractivity contribution < 1.29 is 14.3 Å². The molecular formula is C28H35N3O3. The molecule has 2 amide bonds. The van der Waals surface area contributed by atoms with E-state index in [9.17, 15) is 9.59 Å². The van der Waals surface area contributed by atoms with Crippen LogP contribution in [0.1, 0.15) is 50.2 Å². The molecule has 0 aromatic heterocycles. The van der Waals surface area contributed by atoms with Crippen molar-refractivity contribution in [3.05, 3.63) is 65.4 Å². The molecule has 2 heterocycles. The molecule has 0 atom stereocenters. The number of aryl methyl sites for hydroxylation is 1. The van der Waals surface area contributed by atoms with Gasteiger partial charge < -0.3 is 15.0 Å². The summed E-state index contributed by atoms with van der Waals surface area (Å²) in [6.07, 6.45) is 5.18. The van der Waals surface area contributed by atoms with E-state index in [1.165, 1.54) is 23.4 Å². The minimum absolute atomic E-state index is 0.251. The van der Waals surface area contributed by atoms with Gasteiger partial charge in [-0.25, -0.2) is 0 Å². The van der Waals surface area contributed by atoms with Gasteiger partial charge in [0.1, 0.15) is 5.70 Å². The van der Waals surface area contributed by atoms with Gasteiger partial charge in [0.15, 0.2) is 0 Å². The first kappa shape index (κ1) is 24.0. The molecular weight excluding hydrogens is 426 g/mol. The molecule has 0 spiro atoms. The third-order valence-electron chi connectivity index (χ3n) is 6.43. The van der Waals surface area contributed by atoms with Crippen LogP contribution in [0.15, 0.2) is 54.2 Å². The van der Waals surface area contributed by atoms with Gasteiger partial charge in [0.2, 0.25) is 0 Å². The zero-order chi connectivity index (χ0) is 23.9. The Morgan fingerprint density at radius 3 is 2.24 bits per heavy atom. The summed E-state index contributed by atoms with van der Waals surface area (Å²) in [5.74, 6) is -0.531. The van der Waals surface area contributed by atoms with E-state index < -0.39 is 0 Å². The normalized spacial score (nSPS) is 16.2. The highest BCUT2D eigenvalue weighted by Gasteiger charge is 2.38. The van der Waals surface area contributed by atoms with E-state index in [1.807, 2.05) is 43.3 Å². The third-order valence-corrected chi connectivity index (χ3v) is 6.43. The maximum atomic E-state index is 13.4. The van der Waals surface area contributed by atoms with E-state index in [2.05, 4.69) is 29.3 Å². The standard InChI is InChI=1S/C28H35N3O3/c1-3-4-19-34-20-7-18-31-27(32)25(22-10-8-21(2)9-11-22)26(28(31)33)29-23-12-14-24(15-13-23)30-16-5-6-17-30/h8-15,29H,3-7,16-20H2,1-2H3. The molecule has 0 radical (unpaired) electrons. The minimum Gasteiger partial charge on any atom is -0.381 e. The lowest BCUT2D eigenvalue weighted by Gasteiger charge is -2.18. The first-order valence-electron chi connectivity index (χ1n) is 12.5. The lowest BCUT2D eigenvalue weighted by atomic mass is 10.0. The Morgan fingerprint density at radius 1 is 0.882 bits per heavy atom. The van der Waals surface area contributed by atoms with Gasteiger partial charge >= 0.3 is 0 Å². The first-order valence-corrected chi connectivity index (χ1v) is 12.5. The van der Waals surface area contributed by atoms with Crippen molar-refractivity contribution in [3.8, 4) is 0 Å². The number of benzene rings is 2. The molecule has 6 heteroatoms. The van der Waals surface area contributed by atoms with E-state index in [-0.39, 0.29) is 11.8 Å². The number of nitrogens with one attached hydrogen (secondary N) is 1. The quantitative estimate of drug-likeness (QED) is 0.377. The molecule has 2 aromatic carbocycles. The third kappa shape index (κ3) is 5.50. The number of hydrogen-bond acceptors (Lipinski definition) is 5. The van der Waals surface area contributed by atoms with E-state index >= 15 is 0 Å². The van der Waals surface area contributed by atoms with Crippen LogP contribution in [0.3, 0.4) is 0 Å². The number of hydrogen-bond donors (Lipinski definition) is 1. The molecule has 2 aliphatic heterocycles. The second kappa shape index (κ2) is 11.3. The molecule has 1 fully saturated rings. The fraction of sp³-hybridized carbons (Fsp3) is 0.429. The second-order valence-corrected chi connectivity index (χ2v) is 9.06. The van der Waals surface area contributed by atoms with Crippen LogP contribution in [-0.2, 0) is 14.3 Å². The lowest BCUT2D eigenvalue weighted by molar-refractivity contribution is -0.137. The summed E-state index contributed by atoms with van der Waals surface area (Å²) in [5, 5.41) is 3.27. The zero-order valence-electron chi connectivity index (χ0n) is 20.3. The Hall–Kier alpha value is -3.12. The fourth-order valence-corrected chi connectivity index (χ4v) is 4.43. The molecule has 180 valence electrons. The van der Waals surface area contributed by atoms with Crippen LogP contribution < -0.4 is 10.2 Å². The highest BCUT2D eigenvalue weighted by molar-refractivity contribution is 6.36. The van der Waals surface area contributed by atoms with Crippen molar-refractivity contribution in [3.63, 3.8) is 0 Å². The van der Waals surface area contributed by atoms with Crippen LogP contribution >= 0.6 is 0 Å². The highest BCUT2D eigenvalue weighted by Crippen LogP contribution is 2.31. The van der Waals surface area contributed by atoms with Gasteiger partial charge in [-0.05, 0) is 62.4 Å². The highest BCUT2D eigenvalue weighted by atomic mass is 16.5. The number of anilines is 2. The average Bonchev–Trinajstić information content (AvgIpc) is 3.46. The maximum absolute atomic E-state index is 13.4. The number of rotatable bonds is 11. The molecule has 0 aliphatic carbocycles. The minimum atomic E-state index is -0.280. The molecule has 2 aliphatic rings. The van der Waals surface area contributed by atoms with Crippen molar-refractivity contribution >= 4 is 28.8 Å². The Bertz CT molecular complexity index is 1020. The van der Waals surface area contributed by atoms with Gasteiger partial charge in [-0.15, -0.1) is 0 Å². The number of nitrogens with zero attached hydrogens (tertiary/aromatic N) is 2. The Labute approximate surface area is 202 Å². The molecule has 6 nitrogen and oxygen atoms in total. The van der Waals surface area contributed by atoms with Crippen molar-refractivity contribution in [2.75, 3.05) is 43.1 Å². The summed E-state index contributed by atoms with van der Waals surface area (Å²) < 4.78 is 5.62. The Kier molecular flexibility index (Phi) is 8.01. The summed E-state index contributed by atoms with van der Waals surface area (Å²) in [6.45, 7) is 7.89. The number of ether oxygens (including phenoxy) is 1. The van der Waals surface area contributed by atoms with Gasteiger partial charge in [-0.3, -0.25) is 14.5 Å². The average molecular weight is 462 g/mol. The summed E-state index contributed by atoms with van der Waals surface area (Å²) in [6, 6.07) is 15.9. The number of carbonyl (C=O) groups excluding carboxylic acids is 2. The van der Waals surface area contributed by atoms with Crippen molar-refractivity contribution in [1.29, 1.82) is 0 Å². The fourth-order valence-electron chi connectivity index (χ4n) is 4.43. The lowest BCUT2D eigenvalue weighted by Crippen LogP contribution is -2.34. The van der Waals surface area contributed by atoms with Gasteiger partial charge in [0.05, 0.1) is 5.57 Å². The molecule has 34 heavy (non-hydrogen) atoms. The van der Waals surface area contributed by atoms with E-state index in [0.717, 1.165) is 42.7 Å². The van der Waals surface area contributed by atoms with Crippen LogP contribution in [0, 0.1) is 6.92 Å². The Balaban J connectivity index is 1.52. The van der Waals surface area contributed by atoms with Crippen molar-refractivity contribution in [2.24, 2.45) is 0 Å². The predicted molar refractivity (Wildman–Crippen MR) is 137 cm³/mol. The molecule has 0 saturated carbocycles. The smallest absolute Gasteiger partial charge is 0.278 e. The first-order chi connectivity index (χ1) is 16.6. The van der Waals surface area contributed by atoms with Gasteiger partial charge in [-0.1, -0.05) is 43.2 Å². The topological polar surface area (TPSA) is 61.9 Å². The van der Waals surface area contributed by atoms with Crippen molar-refractivity contribution in [2.45, 2.75) is 46.0 Å². The molecule has 1 saturated heterocycles. The number of unbranched alkanes of at least 4 members (excludes halogenated alkanes) is 1. The monoisotopic (exact) mass is 461 g/mol. The van der Waals surface area contributed by atoms with Gasteiger partial charge in [0.25, 0.3) is 11.8 Å². The number of carbonyl (C=O) groups is 2. The largest absolute Gasteiger partial charge is 0.381 e. The molecule has 2 aromatic rings. The molecule has 0 unspecified atom stereocenters. The van der Waals surface area contributed by atoms with E-state index in [4.69, 9.17) is 4.74 Å². The zero-order valence-corrected chi connectivity index (χ0v) is 20.3. The van der Waals surface area contributed by atoms with Crippen LogP contribution in [0.4, 0.5) is 11.4 Å². The van der Waals surface area contributed by atoms with Crippen LogP contribution in [0.2, 0.25) is 0 Å². The SMILES string of the molecule is CCCCOCCCN1C(=O)C(Nc2ccc(N3CCCC3)cc2)=C(c2ccc(C)cc2)C1=O. The predicted octanol–water partition coefficient (Wildman–Crippen LogP) is 4.99. The number of amides is 2. The molecule has 1 N–H and O–H groups in total. The van der Waals surface area contributed by atoms with Crippen LogP contribution in [0.5, 0.6) is 0 Å². The number of imide groups is 1. The second-order valence-electron chi connectivity index (χ2n) is 9.06. The summed E-state index contributed by atoms with van der Waals surface area (Å²) in [5.41, 5.74) is 4.62. The molecule has 0 bridgehead atoms. The summed E-state index contributed by atoms with van der Waals surface area (Å²) in [7, 11) is 0. The maximum Gasteiger partial charge on any atom is 0.278 e. The Morgan fingerprint density at radius 2 is 1.56 bits per heavy atom. The summed E-state index contributed by atoms with van der Waals surface area (Å²) in [4.78, 5) is 30.4. The molecule has 4 rings (SSSR count). The van der Waals surface area contributed by atoms with Crippen molar-refractivity contribution in [1.82, 2.24) is 4.90 Å².